The van der Waals surface area contributed by atoms with Gasteiger partial charge in [0.25, 0.3) is 0 Å². The monoisotopic (exact) mass is 424 g/mol. The molecular weight excluding hydrogens is 399 g/mol. The van der Waals surface area contributed by atoms with Crippen LogP contribution in [0.3, 0.4) is 0 Å². The first-order valence-electron chi connectivity index (χ1n) is 8.40. The molecule has 2 aromatic rings. The Morgan fingerprint density at radius 2 is 1.35 bits per heavy atom. The van der Waals surface area contributed by atoms with E-state index in [4.69, 9.17) is 3.32 Å². The number of para-hydroxylation sites is 1. The van der Waals surface area contributed by atoms with Crippen LogP contribution < -0.4 is 3.32 Å². The minimum absolute atomic E-state index is 0. The van der Waals surface area contributed by atoms with Gasteiger partial charge in [-0.2, -0.15) is 0 Å². The van der Waals surface area contributed by atoms with Crippen molar-refractivity contribution in [1.29, 1.82) is 0 Å². The van der Waals surface area contributed by atoms with Gasteiger partial charge in [-0.15, -0.1) is 24.8 Å². The second kappa shape index (κ2) is 9.28. The Morgan fingerprint density at radius 3 is 1.92 bits per heavy atom. The van der Waals surface area contributed by atoms with Gasteiger partial charge in [0, 0.05) is 0 Å². The summed E-state index contributed by atoms with van der Waals surface area (Å²) in [5, 5.41) is 0. The standard InChI is InChI=1S/C12H10O.C10H15.2ClH.Ti/c13-12-9-5-4-8-11(12)10-6-2-1-3-7-10;1-7-6-10(4,5)9(3)8(7)2;;;/h1-9,13H;1-5H3;2*1H;/q;;;;+1/p-1. The van der Waals surface area contributed by atoms with Gasteiger partial charge in [-0.05, 0) is 0 Å². The quantitative estimate of drug-likeness (QED) is 0.470. The molecule has 1 nitrogen and oxygen atoms in total. The number of benzene rings is 2. The predicted octanol–water partition coefficient (Wildman–Crippen LogP) is 7.22. The van der Waals surface area contributed by atoms with Crippen molar-refractivity contribution < 1.29 is 22.9 Å². The van der Waals surface area contributed by atoms with Gasteiger partial charge in [-0.1, -0.05) is 0 Å². The molecule has 0 aliphatic heterocycles. The Balaban J connectivity index is 0.00000169. The van der Waals surface area contributed by atoms with Crippen LogP contribution in [0.2, 0.25) is 0 Å². The third-order valence-corrected chi connectivity index (χ3v) is 7.68. The number of hydrogen-bond donors (Lipinski definition) is 0. The minimum Gasteiger partial charge on any atom is -0.147 e. The maximum atomic E-state index is 6.42. The van der Waals surface area contributed by atoms with Crippen molar-refractivity contribution in [3.63, 3.8) is 0 Å². The van der Waals surface area contributed by atoms with Crippen LogP contribution >= 0.6 is 24.8 Å². The first kappa shape index (κ1) is 23.1. The maximum absolute atomic E-state index is 6.42. The van der Waals surface area contributed by atoms with Gasteiger partial charge in [0.05, 0.1) is 0 Å². The summed E-state index contributed by atoms with van der Waals surface area (Å²) in [7, 11) is 0. The van der Waals surface area contributed by atoms with Crippen LogP contribution in [0.1, 0.15) is 34.6 Å². The third-order valence-electron chi connectivity index (χ3n) is 5.30. The van der Waals surface area contributed by atoms with E-state index in [9.17, 15) is 0 Å². The molecule has 0 spiro atoms. The normalized spacial score (nSPS) is 15.3. The topological polar surface area (TPSA) is 9.23 Å². The molecule has 0 aromatic heterocycles. The van der Waals surface area contributed by atoms with Crippen LogP contribution in [0.5, 0.6) is 5.75 Å². The van der Waals surface area contributed by atoms with Crippen molar-refractivity contribution in [2.45, 2.75) is 34.6 Å². The Labute approximate surface area is 179 Å². The molecule has 0 saturated heterocycles. The molecule has 0 bridgehead atoms. The summed E-state index contributed by atoms with van der Waals surface area (Å²) in [4.78, 5) is 0. The molecule has 138 valence electrons. The van der Waals surface area contributed by atoms with E-state index in [2.05, 4.69) is 83.1 Å². The predicted molar refractivity (Wildman–Crippen MR) is 112 cm³/mol. The smallest absolute Gasteiger partial charge is 0.147 e. The molecule has 0 saturated carbocycles. The van der Waals surface area contributed by atoms with Crippen LogP contribution in [0.4, 0.5) is 0 Å². The van der Waals surface area contributed by atoms with Gasteiger partial charge in [-0.3, -0.25) is 0 Å². The number of rotatable bonds is 4. The van der Waals surface area contributed by atoms with E-state index >= 15 is 0 Å². The first-order chi connectivity index (χ1) is 11.4. The fourth-order valence-electron chi connectivity index (χ4n) is 3.32. The van der Waals surface area contributed by atoms with E-state index < -0.39 is 19.5 Å². The summed E-state index contributed by atoms with van der Waals surface area (Å²) in [5.74, 6) is 1.00. The van der Waals surface area contributed by atoms with Gasteiger partial charge in [0.1, 0.15) is 0 Å². The third kappa shape index (κ3) is 4.29. The fraction of sp³-hybridized carbons (Fsp3) is 0.273. The molecule has 0 radical (unpaired) electrons. The summed E-state index contributed by atoms with van der Waals surface area (Å²) in [5.41, 5.74) is 6.89. The van der Waals surface area contributed by atoms with Crippen LogP contribution in [0.15, 0.2) is 75.2 Å². The van der Waals surface area contributed by atoms with E-state index in [0.29, 0.717) is 0 Å². The Morgan fingerprint density at radius 1 is 0.769 bits per heavy atom. The zero-order chi connectivity index (χ0) is 17.3. The summed E-state index contributed by atoms with van der Waals surface area (Å²) in [6.07, 6.45) is 0. The number of allylic oxidation sites excluding steroid dienone is 4. The average Bonchev–Trinajstić information content (AvgIpc) is 2.74. The molecule has 0 fully saturated rings. The van der Waals surface area contributed by atoms with Crippen molar-refractivity contribution in [3.05, 3.63) is 75.2 Å². The van der Waals surface area contributed by atoms with Gasteiger partial charge in [-0.25, -0.2) is 0 Å². The second-order valence-corrected chi connectivity index (χ2v) is 8.36. The van der Waals surface area contributed by atoms with Gasteiger partial charge in [0.15, 0.2) is 0 Å². The summed E-state index contributed by atoms with van der Waals surface area (Å²) in [6, 6.07) is 18.9. The number of halogens is 2. The van der Waals surface area contributed by atoms with Crippen LogP contribution in [0, 0.1) is 5.41 Å². The van der Waals surface area contributed by atoms with E-state index in [1.807, 2.05) is 6.07 Å². The molecule has 1 aliphatic carbocycles. The maximum Gasteiger partial charge on any atom is -0.147 e. The molecule has 26 heavy (non-hydrogen) atoms. The summed E-state index contributed by atoms with van der Waals surface area (Å²) >= 11 is -0.669. The average molecular weight is 425 g/mol. The fourth-order valence-corrected chi connectivity index (χ4v) is 5.15. The van der Waals surface area contributed by atoms with E-state index in [1.165, 1.54) is 31.7 Å². The van der Waals surface area contributed by atoms with Crippen molar-refractivity contribution in [2.24, 2.45) is 5.41 Å². The molecule has 1 aliphatic rings. The second-order valence-electron chi connectivity index (χ2n) is 6.94. The summed E-state index contributed by atoms with van der Waals surface area (Å²) in [6.45, 7) is 11.4. The Hall–Kier alpha value is -0.986. The van der Waals surface area contributed by atoms with Crippen LogP contribution in [0.25, 0.3) is 11.1 Å². The first-order valence-corrected chi connectivity index (χ1v) is 9.81. The Kier molecular flexibility index (Phi) is 8.23. The zero-order valence-corrected chi connectivity index (χ0v) is 19.1. The largest absolute Gasteiger partial charge is 0.147 e. The molecule has 0 N–H and O–H groups in total. The molecule has 0 amide bonds. The van der Waals surface area contributed by atoms with Crippen molar-refractivity contribution in [3.8, 4) is 16.9 Å². The van der Waals surface area contributed by atoms with Gasteiger partial charge in [0.2, 0.25) is 0 Å². The SMILES string of the molecule is CC1=C(C)C(C)(C)[C]([Ti][O]c2ccccc2-c2ccccc2)=C1C.Cl.Cl. The van der Waals surface area contributed by atoms with Crippen LogP contribution in [-0.4, -0.2) is 0 Å². The number of hydrogen-bond acceptors (Lipinski definition) is 1. The summed E-state index contributed by atoms with van der Waals surface area (Å²) < 4.78 is 7.93. The van der Waals surface area contributed by atoms with Crippen LogP contribution in [-0.2, 0) is 19.5 Å². The van der Waals surface area contributed by atoms with E-state index in [-0.39, 0.29) is 30.2 Å². The van der Waals surface area contributed by atoms with Gasteiger partial charge < -0.3 is 0 Å². The van der Waals surface area contributed by atoms with Crippen molar-refractivity contribution in [1.82, 2.24) is 0 Å². The van der Waals surface area contributed by atoms with Crippen molar-refractivity contribution in [2.75, 3.05) is 0 Å². The molecular formula is C22H26Cl2OTi. The molecule has 4 heteroatoms. The molecule has 0 unspecified atom stereocenters. The molecule has 3 rings (SSSR count). The van der Waals surface area contributed by atoms with Gasteiger partial charge >= 0.3 is 155 Å². The zero-order valence-electron chi connectivity index (χ0n) is 15.9. The Bertz CT molecular complexity index is 823. The minimum atomic E-state index is -0.669. The molecule has 2 aromatic carbocycles. The molecule has 0 heterocycles. The molecule has 0 atom stereocenters. The van der Waals surface area contributed by atoms with Crippen molar-refractivity contribution >= 4 is 24.8 Å². The van der Waals surface area contributed by atoms with E-state index in [0.717, 1.165) is 5.75 Å². The van der Waals surface area contributed by atoms with E-state index in [1.54, 1.807) is 0 Å².